The van der Waals surface area contributed by atoms with Crippen LogP contribution in [-0.4, -0.2) is 17.0 Å². The zero-order chi connectivity index (χ0) is 13.7. The number of halogens is 1. The van der Waals surface area contributed by atoms with E-state index in [0.29, 0.717) is 5.02 Å². The highest BCUT2D eigenvalue weighted by Crippen LogP contribution is 2.21. The molecule has 2 N–H and O–H groups in total. The van der Waals surface area contributed by atoms with Gasteiger partial charge in [0, 0.05) is 10.9 Å². The van der Waals surface area contributed by atoms with Crippen LogP contribution in [0.4, 0.5) is 5.69 Å². The second-order valence-electron chi connectivity index (χ2n) is 4.17. The molecule has 1 rings (SSSR count). The van der Waals surface area contributed by atoms with Crippen LogP contribution in [0.3, 0.4) is 0 Å². The molecular weight excluding hydrogens is 254 g/mol. The minimum Gasteiger partial charge on any atom is -0.478 e. The Hall–Kier alpha value is -1.55. The minimum atomic E-state index is -1.11. The molecule has 0 saturated heterocycles. The molecule has 1 aromatic rings. The van der Waals surface area contributed by atoms with Crippen LogP contribution < -0.4 is 5.32 Å². The lowest BCUT2D eigenvalue weighted by Gasteiger charge is -2.13. The van der Waals surface area contributed by atoms with Gasteiger partial charge in [0.2, 0.25) is 5.91 Å². The lowest BCUT2D eigenvalue weighted by molar-refractivity contribution is -0.119. The van der Waals surface area contributed by atoms with Gasteiger partial charge in [-0.2, -0.15) is 0 Å². The van der Waals surface area contributed by atoms with Crippen LogP contribution in [0.25, 0.3) is 0 Å². The van der Waals surface area contributed by atoms with Gasteiger partial charge in [-0.05, 0) is 24.6 Å². The molecule has 18 heavy (non-hydrogen) atoms. The van der Waals surface area contributed by atoms with Crippen molar-refractivity contribution in [1.82, 2.24) is 0 Å². The Morgan fingerprint density at radius 3 is 2.67 bits per heavy atom. The fraction of sp³-hybridized carbons (Fsp3) is 0.385. The van der Waals surface area contributed by atoms with Crippen molar-refractivity contribution < 1.29 is 14.7 Å². The molecule has 0 aliphatic carbocycles. The van der Waals surface area contributed by atoms with E-state index in [1.807, 2.05) is 13.8 Å². The van der Waals surface area contributed by atoms with Gasteiger partial charge < -0.3 is 10.4 Å². The number of nitrogens with one attached hydrogen (secondary N) is 1. The molecule has 0 saturated carbocycles. The van der Waals surface area contributed by atoms with Crippen LogP contribution in [0, 0.1) is 5.92 Å². The molecule has 98 valence electrons. The van der Waals surface area contributed by atoms with E-state index < -0.39 is 5.97 Å². The molecular formula is C13H16ClNO3. The Morgan fingerprint density at radius 1 is 1.44 bits per heavy atom. The third-order valence-electron chi connectivity index (χ3n) is 2.64. The van der Waals surface area contributed by atoms with E-state index in [4.69, 9.17) is 16.7 Å². The molecule has 0 radical (unpaired) electrons. The summed E-state index contributed by atoms with van der Waals surface area (Å²) < 4.78 is 0. The number of anilines is 1. The first-order chi connectivity index (χ1) is 8.45. The zero-order valence-electron chi connectivity index (χ0n) is 10.4. The van der Waals surface area contributed by atoms with Crippen LogP contribution in [0.15, 0.2) is 18.2 Å². The van der Waals surface area contributed by atoms with Gasteiger partial charge in [-0.1, -0.05) is 31.9 Å². The van der Waals surface area contributed by atoms with E-state index in [2.05, 4.69) is 5.32 Å². The summed E-state index contributed by atoms with van der Waals surface area (Å²) in [5.74, 6) is -1.44. The summed E-state index contributed by atoms with van der Waals surface area (Å²) in [6.45, 7) is 3.81. The van der Waals surface area contributed by atoms with Gasteiger partial charge in [-0.15, -0.1) is 0 Å². The standard InChI is InChI=1S/C13H16ClNO3/c1-3-4-8(2)12(16)15-11-6-5-9(14)7-10(11)13(17)18/h5-8H,3-4H2,1-2H3,(H,15,16)(H,17,18). The van der Waals surface area contributed by atoms with Crippen molar-refractivity contribution in [3.63, 3.8) is 0 Å². The molecule has 5 heteroatoms. The second-order valence-corrected chi connectivity index (χ2v) is 4.61. The monoisotopic (exact) mass is 269 g/mol. The molecule has 0 spiro atoms. The maximum Gasteiger partial charge on any atom is 0.337 e. The van der Waals surface area contributed by atoms with Gasteiger partial charge >= 0.3 is 5.97 Å². The van der Waals surface area contributed by atoms with E-state index in [-0.39, 0.29) is 23.1 Å². The summed E-state index contributed by atoms with van der Waals surface area (Å²) in [7, 11) is 0. The van der Waals surface area contributed by atoms with Crippen LogP contribution in [0.2, 0.25) is 5.02 Å². The maximum atomic E-state index is 11.8. The summed E-state index contributed by atoms with van der Waals surface area (Å²) in [5, 5.41) is 12.0. The van der Waals surface area contributed by atoms with Crippen LogP contribution >= 0.6 is 11.6 Å². The number of aromatic carboxylic acids is 1. The normalized spacial score (nSPS) is 11.9. The SMILES string of the molecule is CCCC(C)C(=O)Nc1ccc(Cl)cc1C(=O)O. The molecule has 1 amide bonds. The predicted octanol–water partition coefficient (Wildman–Crippen LogP) is 3.41. The number of amides is 1. The molecule has 0 fully saturated rings. The number of hydrogen-bond donors (Lipinski definition) is 2. The first kappa shape index (κ1) is 14.5. The van der Waals surface area contributed by atoms with Gasteiger partial charge in [0.15, 0.2) is 0 Å². The molecule has 0 heterocycles. The Bertz CT molecular complexity index is 460. The average Bonchev–Trinajstić information content (AvgIpc) is 2.31. The Kier molecular flexibility index (Phi) is 5.16. The van der Waals surface area contributed by atoms with Gasteiger partial charge in [-0.3, -0.25) is 4.79 Å². The Labute approximate surface area is 111 Å². The fourth-order valence-electron chi connectivity index (χ4n) is 1.62. The highest BCUT2D eigenvalue weighted by Gasteiger charge is 2.16. The summed E-state index contributed by atoms with van der Waals surface area (Å²) in [5.41, 5.74) is 0.277. The van der Waals surface area contributed by atoms with Crippen molar-refractivity contribution in [1.29, 1.82) is 0 Å². The van der Waals surface area contributed by atoms with Gasteiger partial charge in [-0.25, -0.2) is 4.79 Å². The molecule has 1 atom stereocenters. The number of carboxylic acids is 1. The van der Waals surface area contributed by atoms with Crippen molar-refractivity contribution >= 4 is 29.2 Å². The third-order valence-corrected chi connectivity index (χ3v) is 2.87. The quantitative estimate of drug-likeness (QED) is 0.861. The largest absolute Gasteiger partial charge is 0.478 e. The Morgan fingerprint density at radius 2 is 2.11 bits per heavy atom. The van der Waals surface area contributed by atoms with Gasteiger partial charge in [0.25, 0.3) is 0 Å². The smallest absolute Gasteiger partial charge is 0.337 e. The van der Waals surface area contributed by atoms with Crippen LogP contribution in [-0.2, 0) is 4.79 Å². The lowest BCUT2D eigenvalue weighted by atomic mass is 10.0. The number of hydrogen-bond acceptors (Lipinski definition) is 2. The van der Waals surface area contributed by atoms with E-state index >= 15 is 0 Å². The molecule has 1 unspecified atom stereocenters. The van der Waals surface area contributed by atoms with Crippen molar-refractivity contribution in [2.75, 3.05) is 5.32 Å². The summed E-state index contributed by atoms with van der Waals surface area (Å²) in [6, 6.07) is 4.38. The molecule has 0 bridgehead atoms. The van der Waals surface area contributed by atoms with Crippen molar-refractivity contribution in [3.05, 3.63) is 28.8 Å². The van der Waals surface area contributed by atoms with E-state index in [1.54, 1.807) is 6.07 Å². The average molecular weight is 270 g/mol. The minimum absolute atomic E-state index is 0.000418. The highest BCUT2D eigenvalue weighted by molar-refractivity contribution is 6.31. The van der Waals surface area contributed by atoms with Crippen LogP contribution in [0.1, 0.15) is 37.0 Å². The highest BCUT2D eigenvalue weighted by atomic mass is 35.5. The maximum absolute atomic E-state index is 11.8. The van der Waals surface area contributed by atoms with E-state index in [0.717, 1.165) is 12.8 Å². The van der Waals surface area contributed by atoms with Crippen molar-refractivity contribution in [2.45, 2.75) is 26.7 Å². The first-order valence-electron chi connectivity index (χ1n) is 5.79. The second kappa shape index (κ2) is 6.40. The van der Waals surface area contributed by atoms with Crippen molar-refractivity contribution in [2.24, 2.45) is 5.92 Å². The van der Waals surface area contributed by atoms with Crippen molar-refractivity contribution in [3.8, 4) is 0 Å². The number of benzene rings is 1. The van der Waals surface area contributed by atoms with E-state index in [1.165, 1.54) is 12.1 Å². The molecule has 4 nitrogen and oxygen atoms in total. The summed E-state index contributed by atoms with van der Waals surface area (Å²) in [4.78, 5) is 22.9. The van der Waals surface area contributed by atoms with Crippen LogP contribution in [0.5, 0.6) is 0 Å². The molecule has 0 aromatic heterocycles. The zero-order valence-corrected chi connectivity index (χ0v) is 11.1. The molecule has 0 aliphatic heterocycles. The number of carbonyl (C=O) groups excluding carboxylic acids is 1. The number of carboxylic acid groups (broad SMARTS) is 1. The van der Waals surface area contributed by atoms with Gasteiger partial charge in [0.1, 0.15) is 0 Å². The third kappa shape index (κ3) is 3.74. The number of rotatable bonds is 5. The topological polar surface area (TPSA) is 66.4 Å². The van der Waals surface area contributed by atoms with E-state index in [9.17, 15) is 9.59 Å². The lowest BCUT2D eigenvalue weighted by Crippen LogP contribution is -2.21. The molecule has 1 aromatic carbocycles. The summed E-state index contributed by atoms with van der Waals surface area (Å²) >= 11 is 5.73. The fourth-order valence-corrected chi connectivity index (χ4v) is 1.79. The molecule has 0 aliphatic rings. The first-order valence-corrected chi connectivity index (χ1v) is 6.17. The predicted molar refractivity (Wildman–Crippen MR) is 71.1 cm³/mol. The summed E-state index contributed by atoms with van der Waals surface area (Å²) in [6.07, 6.45) is 1.67. The Balaban J connectivity index is 2.90. The number of carbonyl (C=O) groups is 2. The van der Waals surface area contributed by atoms with Gasteiger partial charge in [0.05, 0.1) is 11.3 Å².